The second-order valence-electron chi connectivity index (χ2n) is 6.07. The molecule has 2 saturated heterocycles. The van der Waals surface area contributed by atoms with Gasteiger partial charge in [0.05, 0.1) is 12.1 Å². The minimum Gasteiger partial charge on any atom is -0.396 e. The molecule has 0 radical (unpaired) electrons. The van der Waals surface area contributed by atoms with Gasteiger partial charge in [0.15, 0.2) is 0 Å². The number of aliphatic hydroxyl groups excluding tert-OH is 1. The summed E-state index contributed by atoms with van der Waals surface area (Å²) >= 11 is 0. The Morgan fingerprint density at radius 3 is 2.95 bits per heavy atom. The SMILES string of the molecule is C=C[C@@H]1OCCC[C@H]1NC(=O)N1CCCC(CCO)CC1. The van der Waals surface area contributed by atoms with Crippen LogP contribution in [0, 0.1) is 5.92 Å². The maximum atomic E-state index is 12.4. The zero-order valence-corrected chi connectivity index (χ0v) is 12.8. The Balaban J connectivity index is 1.83. The minimum absolute atomic E-state index is 0.0157. The summed E-state index contributed by atoms with van der Waals surface area (Å²) in [7, 11) is 0. The van der Waals surface area contributed by atoms with Crippen LogP contribution in [0.1, 0.15) is 38.5 Å². The summed E-state index contributed by atoms with van der Waals surface area (Å²) in [5.74, 6) is 0.548. The third kappa shape index (κ3) is 4.71. The highest BCUT2D eigenvalue weighted by molar-refractivity contribution is 5.74. The van der Waals surface area contributed by atoms with Crippen LogP contribution in [-0.4, -0.2) is 54.5 Å². The number of carbonyl (C=O) groups is 1. The molecule has 0 spiro atoms. The lowest BCUT2D eigenvalue weighted by atomic mass is 9.98. The van der Waals surface area contributed by atoms with E-state index in [1.807, 2.05) is 4.90 Å². The largest absolute Gasteiger partial charge is 0.396 e. The van der Waals surface area contributed by atoms with E-state index in [4.69, 9.17) is 9.84 Å². The van der Waals surface area contributed by atoms with Gasteiger partial charge in [-0.3, -0.25) is 0 Å². The molecule has 0 aromatic heterocycles. The van der Waals surface area contributed by atoms with Crippen LogP contribution >= 0.6 is 0 Å². The summed E-state index contributed by atoms with van der Waals surface area (Å²) in [5.41, 5.74) is 0. The van der Waals surface area contributed by atoms with Gasteiger partial charge in [-0.1, -0.05) is 6.08 Å². The van der Waals surface area contributed by atoms with Gasteiger partial charge in [0.25, 0.3) is 0 Å². The van der Waals surface area contributed by atoms with Crippen molar-refractivity contribution in [3.63, 3.8) is 0 Å². The Kier molecular flexibility index (Phi) is 6.51. The van der Waals surface area contributed by atoms with E-state index in [1.54, 1.807) is 6.08 Å². The summed E-state index contributed by atoms with van der Waals surface area (Å²) < 4.78 is 5.62. The van der Waals surface area contributed by atoms with Crippen molar-refractivity contribution in [2.75, 3.05) is 26.3 Å². The topological polar surface area (TPSA) is 61.8 Å². The third-order valence-corrected chi connectivity index (χ3v) is 4.58. The first-order valence-corrected chi connectivity index (χ1v) is 8.15. The number of hydrogen-bond donors (Lipinski definition) is 2. The van der Waals surface area contributed by atoms with Crippen LogP contribution in [-0.2, 0) is 4.74 Å². The summed E-state index contributed by atoms with van der Waals surface area (Å²) in [5, 5.41) is 12.1. The summed E-state index contributed by atoms with van der Waals surface area (Å²) in [6, 6.07) is 0.0576. The molecular formula is C16H28N2O3. The average molecular weight is 296 g/mol. The highest BCUT2D eigenvalue weighted by Crippen LogP contribution is 2.21. The molecule has 21 heavy (non-hydrogen) atoms. The van der Waals surface area contributed by atoms with Gasteiger partial charge in [-0.15, -0.1) is 6.58 Å². The Labute approximate surface area is 127 Å². The van der Waals surface area contributed by atoms with Crippen LogP contribution in [0.5, 0.6) is 0 Å². The van der Waals surface area contributed by atoms with Gasteiger partial charge in [0, 0.05) is 26.3 Å². The Bertz CT molecular complexity index is 348. The lowest BCUT2D eigenvalue weighted by Crippen LogP contribution is -2.51. The van der Waals surface area contributed by atoms with E-state index < -0.39 is 0 Å². The van der Waals surface area contributed by atoms with Crippen LogP contribution in [0.25, 0.3) is 0 Å². The molecule has 2 fully saturated rings. The molecule has 1 unspecified atom stereocenters. The predicted octanol–water partition coefficient (Wildman–Crippen LogP) is 1.91. The highest BCUT2D eigenvalue weighted by Gasteiger charge is 2.27. The van der Waals surface area contributed by atoms with Gasteiger partial charge >= 0.3 is 6.03 Å². The van der Waals surface area contributed by atoms with Crippen molar-refractivity contribution in [1.82, 2.24) is 10.2 Å². The quantitative estimate of drug-likeness (QED) is 0.779. The molecule has 0 aromatic carbocycles. The molecule has 0 aromatic rings. The van der Waals surface area contributed by atoms with E-state index in [2.05, 4.69) is 11.9 Å². The van der Waals surface area contributed by atoms with Crippen LogP contribution in [0.15, 0.2) is 12.7 Å². The summed E-state index contributed by atoms with van der Waals surface area (Å²) in [6.07, 6.45) is 7.60. The molecule has 5 heteroatoms. The predicted molar refractivity (Wildman–Crippen MR) is 82.1 cm³/mol. The fourth-order valence-corrected chi connectivity index (χ4v) is 3.28. The monoisotopic (exact) mass is 296 g/mol. The molecule has 2 aliphatic heterocycles. The number of amides is 2. The lowest BCUT2D eigenvalue weighted by Gasteiger charge is -2.32. The van der Waals surface area contributed by atoms with Gasteiger partial charge in [0.2, 0.25) is 0 Å². The van der Waals surface area contributed by atoms with E-state index in [0.29, 0.717) is 5.92 Å². The lowest BCUT2D eigenvalue weighted by molar-refractivity contribution is 0.0224. The maximum absolute atomic E-state index is 12.4. The average Bonchev–Trinajstić information content (AvgIpc) is 2.74. The van der Waals surface area contributed by atoms with Gasteiger partial charge < -0.3 is 20.1 Å². The number of ether oxygens (including phenoxy) is 1. The van der Waals surface area contributed by atoms with Crippen LogP contribution in [0.4, 0.5) is 4.79 Å². The first kappa shape index (κ1) is 16.3. The van der Waals surface area contributed by atoms with Crippen molar-refractivity contribution in [1.29, 1.82) is 0 Å². The van der Waals surface area contributed by atoms with Crippen molar-refractivity contribution in [3.8, 4) is 0 Å². The number of nitrogens with zero attached hydrogens (tertiary/aromatic N) is 1. The molecule has 0 bridgehead atoms. The number of nitrogens with one attached hydrogen (secondary N) is 1. The Hall–Kier alpha value is -1.07. The Morgan fingerprint density at radius 2 is 2.19 bits per heavy atom. The van der Waals surface area contributed by atoms with Crippen molar-refractivity contribution in [3.05, 3.63) is 12.7 Å². The van der Waals surface area contributed by atoms with Crippen molar-refractivity contribution in [2.24, 2.45) is 5.92 Å². The number of rotatable bonds is 4. The van der Waals surface area contributed by atoms with Gasteiger partial charge in [-0.25, -0.2) is 4.79 Å². The molecular weight excluding hydrogens is 268 g/mol. The molecule has 0 saturated carbocycles. The summed E-state index contributed by atoms with van der Waals surface area (Å²) in [4.78, 5) is 14.3. The van der Waals surface area contributed by atoms with Crippen LogP contribution < -0.4 is 5.32 Å². The van der Waals surface area contributed by atoms with Crippen molar-refractivity contribution >= 4 is 6.03 Å². The normalized spacial score (nSPS) is 30.5. The van der Waals surface area contributed by atoms with E-state index in [-0.39, 0.29) is 24.8 Å². The van der Waals surface area contributed by atoms with Crippen LogP contribution in [0.2, 0.25) is 0 Å². The fourth-order valence-electron chi connectivity index (χ4n) is 3.28. The number of likely N-dealkylation sites (tertiary alicyclic amines) is 1. The van der Waals surface area contributed by atoms with Gasteiger partial charge in [-0.2, -0.15) is 0 Å². The first-order chi connectivity index (χ1) is 10.2. The zero-order chi connectivity index (χ0) is 15.1. The smallest absolute Gasteiger partial charge is 0.317 e. The number of urea groups is 1. The number of carbonyl (C=O) groups excluding carboxylic acids is 1. The molecule has 2 heterocycles. The number of hydrogen-bond acceptors (Lipinski definition) is 3. The first-order valence-electron chi connectivity index (χ1n) is 8.15. The van der Waals surface area contributed by atoms with Gasteiger partial charge in [0.1, 0.15) is 0 Å². The fraction of sp³-hybridized carbons (Fsp3) is 0.812. The molecule has 5 nitrogen and oxygen atoms in total. The number of aliphatic hydroxyl groups is 1. The molecule has 2 amide bonds. The van der Waals surface area contributed by atoms with E-state index in [1.165, 1.54) is 0 Å². The van der Waals surface area contributed by atoms with Crippen molar-refractivity contribution < 1.29 is 14.6 Å². The molecule has 2 N–H and O–H groups in total. The molecule has 0 aliphatic carbocycles. The van der Waals surface area contributed by atoms with Gasteiger partial charge in [-0.05, 0) is 44.4 Å². The highest BCUT2D eigenvalue weighted by atomic mass is 16.5. The second kappa shape index (κ2) is 8.39. The summed E-state index contributed by atoms with van der Waals surface area (Å²) in [6.45, 7) is 6.37. The zero-order valence-electron chi connectivity index (χ0n) is 12.8. The van der Waals surface area contributed by atoms with E-state index >= 15 is 0 Å². The molecule has 3 atom stereocenters. The Morgan fingerprint density at radius 1 is 1.33 bits per heavy atom. The van der Waals surface area contributed by atoms with E-state index in [0.717, 1.165) is 58.2 Å². The molecule has 2 rings (SSSR count). The minimum atomic E-state index is -0.0724. The van der Waals surface area contributed by atoms with Crippen molar-refractivity contribution in [2.45, 2.75) is 50.7 Å². The standard InChI is InChI=1S/C16H28N2O3/c1-2-15-14(6-4-12-21-15)17-16(20)18-9-3-5-13(7-10-18)8-11-19/h2,13-15,19H,1,3-12H2,(H,17,20)/t13?,14-,15+/m1/s1. The van der Waals surface area contributed by atoms with Crippen LogP contribution in [0.3, 0.4) is 0 Å². The molecule has 2 aliphatic rings. The third-order valence-electron chi connectivity index (χ3n) is 4.58. The molecule has 120 valence electrons. The van der Waals surface area contributed by atoms with E-state index in [9.17, 15) is 4.79 Å². The second-order valence-corrected chi connectivity index (χ2v) is 6.07. The maximum Gasteiger partial charge on any atom is 0.317 e.